The lowest BCUT2D eigenvalue weighted by Crippen LogP contribution is -2.25. The molecule has 0 atom stereocenters. The fraction of sp³-hybridized carbons (Fsp3) is 0.300. The van der Waals surface area contributed by atoms with Crippen LogP contribution in [0.1, 0.15) is 34.8 Å². The number of carbonyl (C=O) groups is 3. The highest BCUT2D eigenvalue weighted by molar-refractivity contribution is 7.15. The lowest BCUT2D eigenvalue weighted by Gasteiger charge is -2.20. The van der Waals surface area contributed by atoms with Crippen LogP contribution >= 0.6 is 11.3 Å². The zero-order valence-electron chi connectivity index (χ0n) is 16.0. The molecule has 1 aromatic heterocycles. The zero-order chi connectivity index (χ0) is 20.3. The first-order chi connectivity index (χ1) is 13.3. The van der Waals surface area contributed by atoms with Crippen LogP contribution in [-0.2, 0) is 22.6 Å². The molecule has 0 fully saturated rings. The van der Waals surface area contributed by atoms with Crippen molar-refractivity contribution in [2.75, 3.05) is 24.2 Å². The topological polar surface area (TPSA) is 91.4 Å². The average molecular weight is 398 g/mol. The number of hydrogen-bond donors (Lipinski definition) is 2. The van der Waals surface area contributed by atoms with Crippen molar-refractivity contribution in [1.82, 2.24) is 9.88 Å². The van der Waals surface area contributed by atoms with Gasteiger partial charge in [0.25, 0.3) is 5.91 Å². The molecule has 8 heteroatoms. The summed E-state index contributed by atoms with van der Waals surface area (Å²) in [5, 5.41) is 6.00. The minimum absolute atomic E-state index is 0.0409. The molecule has 2 amide bonds. The Morgan fingerprint density at radius 2 is 1.86 bits per heavy atom. The highest BCUT2D eigenvalue weighted by Gasteiger charge is 2.19. The second-order valence-corrected chi connectivity index (χ2v) is 7.86. The lowest BCUT2D eigenvalue weighted by molar-refractivity contribution is -0.114. The fourth-order valence-corrected chi connectivity index (χ4v) is 3.88. The third-order valence-electron chi connectivity index (χ3n) is 4.41. The molecule has 0 saturated heterocycles. The molecule has 1 aliphatic heterocycles. The minimum Gasteiger partial charge on any atom is -0.323 e. The lowest BCUT2D eigenvalue weighted by atomic mass is 10.1. The van der Waals surface area contributed by atoms with Gasteiger partial charge in [-0.1, -0.05) is 0 Å². The minimum atomic E-state index is -0.414. The molecule has 0 aliphatic carbocycles. The van der Waals surface area contributed by atoms with Crippen molar-refractivity contribution >= 4 is 39.8 Å². The summed E-state index contributed by atoms with van der Waals surface area (Å²) in [7, 11) is 2.06. The molecule has 3 rings (SSSR count). The number of aromatic nitrogens is 1. The van der Waals surface area contributed by atoms with Crippen molar-refractivity contribution in [1.29, 1.82) is 0 Å². The quantitative estimate of drug-likeness (QED) is 0.597. The Kier molecular flexibility index (Phi) is 6.01. The van der Waals surface area contributed by atoms with E-state index in [1.54, 1.807) is 31.2 Å². The van der Waals surface area contributed by atoms with Crippen molar-refractivity contribution < 1.29 is 14.4 Å². The SMILES string of the molecule is CC(=O)c1ccc(NC(=O)/C=C(/C)C(=O)Nc2nc3c(s2)CN(C)CC3)cc1. The van der Waals surface area contributed by atoms with E-state index >= 15 is 0 Å². The first-order valence-electron chi connectivity index (χ1n) is 8.90. The first kappa shape index (κ1) is 19.9. The Hall–Kier alpha value is -2.84. The maximum Gasteiger partial charge on any atom is 0.253 e. The van der Waals surface area contributed by atoms with Crippen molar-refractivity contribution in [3.8, 4) is 0 Å². The zero-order valence-corrected chi connectivity index (χ0v) is 16.9. The molecule has 0 spiro atoms. The summed E-state index contributed by atoms with van der Waals surface area (Å²) < 4.78 is 0. The second-order valence-electron chi connectivity index (χ2n) is 6.78. The molecule has 1 aliphatic rings. The summed E-state index contributed by atoms with van der Waals surface area (Å²) in [6.07, 6.45) is 2.12. The maximum atomic E-state index is 12.4. The van der Waals surface area contributed by atoms with E-state index in [1.807, 2.05) is 0 Å². The molecule has 2 aromatic rings. The molecular weight excluding hydrogens is 376 g/mol. The van der Waals surface area contributed by atoms with Crippen LogP contribution in [0.5, 0.6) is 0 Å². The maximum absolute atomic E-state index is 12.4. The van der Waals surface area contributed by atoms with Gasteiger partial charge in [-0.3, -0.25) is 19.7 Å². The van der Waals surface area contributed by atoms with Gasteiger partial charge in [0.05, 0.1) is 5.69 Å². The summed E-state index contributed by atoms with van der Waals surface area (Å²) in [6, 6.07) is 6.58. The number of ketones is 1. The molecule has 0 unspecified atom stereocenters. The van der Waals surface area contributed by atoms with Crippen molar-refractivity contribution in [3.63, 3.8) is 0 Å². The van der Waals surface area contributed by atoms with Gasteiger partial charge in [0.2, 0.25) is 5.91 Å². The molecular formula is C20H22N4O3S. The highest BCUT2D eigenvalue weighted by atomic mass is 32.1. The molecule has 146 valence electrons. The number of nitrogens with one attached hydrogen (secondary N) is 2. The van der Waals surface area contributed by atoms with E-state index in [0.717, 1.165) is 30.1 Å². The summed E-state index contributed by atoms with van der Waals surface area (Å²) in [6.45, 7) is 4.85. The number of fused-ring (bicyclic) bond motifs is 1. The Balaban J connectivity index is 1.60. The van der Waals surface area contributed by atoms with E-state index in [4.69, 9.17) is 0 Å². The molecule has 7 nitrogen and oxygen atoms in total. The van der Waals surface area contributed by atoms with Crippen LogP contribution in [0.4, 0.5) is 10.8 Å². The first-order valence-corrected chi connectivity index (χ1v) is 9.72. The number of anilines is 2. The number of Topliss-reactive ketones (excluding diaryl/α,β-unsaturated/α-hetero) is 1. The predicted molar refractivity (Wildman–Crippen MR) is 110 cm³/mol. The number of carbonyl (C=O) groups excluding carboxylic acids is 3. The number of benzene rings is 1. The van der Waals surface area contributed by atoms with Gasteiger partial charge in [0.1, 0.15) is 0 Å². The van der Waals surface area contributed by atoms with Crippen molar-refractivity contribution in [2.45, 2.75) is 26.8 Å². The van der Waals surface area contributed by atoms with Gasteiger partial charge in [-0.05, 0) is 45.2 Å². The highest BCUT2D eigenvalue weighted by Crippen LogP contribution is 2.27. The summed E-state index contributed by atoms with van der Waals surface area (Å²) >= 11 is 1.47. The van der Waals surface area contributed by atoms with E-state index in [0.29, 0.717) is 16.4 Å². The van der Waals surface area contributed by atoms with E-state index in [1.165, 1.54) is 24.3 Å². The van der Waals surface area contributed by atoms with Crippen LogP contribution in [0.2, 0.25) is 0 Å². The Bertz CT molecular complexity index is 947. The molecule has 0 bridgehead atoms. The third-order valence-corrected chi connectivity index (χ3v) is 5.41. The molecule has 2 heterocycles. The Labute approximate surface area is 167 Å². The molecule has 0 saturated carbocycles. The van der Waals surface area contributed by atoms with Gasteiger partial charge in [-0.25, -0.2) is 4.98 Å². The van der Waals surface area contributed by atoms with Gasteiger partial charge in [0, 0.05) is 47.3 Å². The van der Waals surface area contributed by atoms with E-state index in [2.05, 4.69) is 27.6 Å². The number of nitrogens with zero attached hydrogens (tertiary/aromatic N) is 2. The van der Waals surface area contributed by atoms with Crippen molar-refractivity contribution in [2.24, 2.45) is 0 Å². The van der Waals surface area contributed by atoms with Gasteiger partial charge < -0.3 is 10.2 Å². The van der Waals surface area contributed by atoms with Gasteiger partial charge >= 0.3 is 0 Å². The van der Waals surface area contributed by atoms with Crippen LogP contribution in [0.15, 0.2) is 35.9 Å². The van der Waals surface area contributed by atoms with Crippen LogP contribution in [0.25, 0.3) is 0 Å². The fourth-order valence-electron chi connectivity index (χ4n) is 2.80. The summed E-state index contributed by atoms with van der Waals surface area (Å²) in [4.78, 5) is 43.6. The standard InChI is InChI=1S/C20H22N4O3S/c1-12(10-18(26)21-15-6-4-14(5-7-15)13(2)25)19(27)23-20-22-16-8-9-24(3)11-17(16)28-20/h4-7,10H,8-9,11H2,1-3H3,(H,21,26)(H,22,23,27)/b12-10-. The van der Waals surface area contributed by atoms with Gasteiger partial charge in [-0.2, -0.15) is 0 Å². The molecule has 0 radical (unpaired) electrons. The summed E-state index contributed by atoms with van der Waals surface area (Å²) in [5.74, 6) is -0.814. The van der Waals surface area contributed by atoms with E-state index < -0.39 is 5.91 Å². The number of amides is 2. The number of hydrogen-bond acceptors (Lipinski definition) is 6. The number of rotatable bonds is 5. The smallest absolute Gasteiger partial charge is 0.253 e. The van der Waals surface area contributed by atoms with E-state index in [-0.39, 0.29) is 17.3 Å². The number of likely N-dealkylation sites (N-methyl/N-ethyl adjacent to an activating group) is 1. The molecule has 1 aromatic carbocycles. The molecule has 2 N–H and O–H groups in total. The third kappa shape index (κ3) is 4.90. The Morgan fingerprint density at radius 3 is 2.54 bits per heavy atom. The normalized spacial score (nSPS) is 14.3. The van der Waals surface area contributed by atoms with E-state index in [9.17, 15) is 14.4 Å². The summed E-state index contributed by atoms with van der Waals surface area (Å²) in [5.41, 5.74) is 2.44. The molecule has 28 heavy (non-hydrogen) atoms. The van der Waals surface area contributed by atoms with Crippen LogP contribution in [-0.4, -0.2) is 41.1 Å². The number of thiazole rings is 1. The monoisotopic (exact) mass is 398 g/mol. The van der Waals surface area contributed by atoms with Crippen LogP contribution < -0.4 is 10.6 Å². The Morgan fingerprint density at radius 1 is 1.14 bits per heavy atom. The van der Waals surface area contributed by atoms with Gasteiger partial charge in [-0.15, -0.1) is 11.3 Å². The van der Waals surface area contributed by atoms with Crippen LogP contribution in [0.3, 0.4) is 0 Å². The second kappa shape index (κ2) is 8.45. The van der Waals surface area contributed by atoms with Crippen molar-refractivity contribution in [3.05, 3.63) is 52.0 Å². The van der Waals surface area contributed by atoms with Gasteiger partial charge in [0.15, 0.2) is 10.9 Å². The average Bonchev–Trinajstić information content (AvgIpc) is 3.03. The van der Waals surface area contributed by atoms with Crippen LogP contribution in [0, 0.1) is 0 Å². The predicted octanol–water partition coefficient (Wildman–Crippen LogP) is 2.86. The largest absolute Gasteiger partial charge is 0.323 e.